The van der Waals surface area contributed by atoms with Crippen molar-refractivity contribution >= 4 is 11.6 Å². The lowest BCUT2D eigenvalue weighted by molar-refractivity contribution is 0.284. The second-order valence-electron chi connectivity index (χ2n) is 4.57. The molecule has 2 aromatic heterocycles. The van der Waals surface area contributed by atoms with Gasteiger partial charge in [-0.05, 0) is 18.6 Å². The number of aromatic nitrogens is 3. The first-order chi connectivity index (χ1) is 10.3. The highest BCUT2D eigenvalue weighted by Gasteiger charge is 2.15. The lowest BCUT2D eigenvalue weighted by Gasteiger charge is -2.00. The minimum absolute atomic E-state index is 0.112. The number of hydrogen-bond acceptors (Lipinski definition) is 4. The van der Waals surface area contributed by atoms with Gasteiger partial charge in [0.25, 0.3) is 0 Å². The molecule has 0 spiro atoms. The summed E-state index contributed by atoms with van der Waals surface area (Å²) in [5, 5.41) is 9.70. The second kappa shape index (κ2) is 6.11. The van der Waals surface area contributed by atoms with Crippen molar-refractivity contribution in [1.29, 1.82) is 0 Å². The third-order valence-electron chi connectivity index (χ3n) is 3.09. The Labute approximate surface area is 126 Å². The summed E-state index contributed by atoms with van der Waals surface area (Å²) in [6.07, 6.45) is 6.31. The van der Waals surface area contributed by atoms with Gasteiger partial charge >= 0.3 is 6.01 Å². The highest BCUT2D eigenvalue weighted by molar-refractivity contribution is 6.30. The molecule has 0 bridgehead atoms. The second-order valence-corrected chi connectivity index (χ2v) is 5.01. The van der Waals surface area contributed by atoms with Crippen molar-refractivity contribution in [3.8, 4) is 17.3 Å². The van der Waals surface area contributed by atoms with Gasteiger partial charge in [-0.15, -0.1) is 0 Å². The van der Waals surface area contributed by atoms with Crippen molar-refractivity contribution in [3.63, 3.8) is 0 Å². The van der Waals surface area contributed by atoms with Crippen LogP contribution in [-0.4, -0.2) is 26.2 Å². The van der Waals surface area contributed by atoms with Crippen molar-refractivity contribution < 1.29 is 9.52 Å². The molecular weight excluding hydrogens is 290 g/mol. The topological polar surface area (TPSA) is 64.1 Å². The number of aliphatic hydroxyl groups is 1. The van der Waals surface area contributed by atoms with Gasteiger partial charge in [0.2, 0.25) is 0 Å². The normalized spacial score (nSPS) is 11.0. The molecule has 5 nitrogen and oxygen atoms in total. The van der Waals surface area contributed by atoms with E-state index >= 15 is 0 Å². The molecule has 6 heteroatoms. The average molecular weight is 304 g/mol. The van der Waals surface area contributed by atoms with Crippen LogP contribution in [0.1, 0.15) is 12.2 Å². The van der Waals surface area contributed by atoms with E-state index in [2.05, 4.69) is 9.97 Å². The van der Waals surface area contributed by atoms with Crippen LogP contribution >= 0.6 is 11.6 Å². The van der Waals surface area contributed by atoms with Crippen LogP contribution in [0.4, 0.5) is 0 Å². The molecule has 0 aliphatic heterocycles. The van der Waals surface area contributed by atoms with Gasteiger partial charge in [0.1, 0.15) is 17.8 Å². The standard InChI is InChI=1S/C15H14ClN3O2/c16-12-5-3-11(4-6-12)14-13(2-1-9-20)21-15(18-14)19-8-7-17-10-19/h3-8,10,20H,1-2,9H2. The van der Waals surface area contributed by atoms with Crippen LogP contribution in [0.15, 0.2) is 47.4 Å². The van der Waals surface area contributed by atoms with Crippen LogP contribution in [0.2, 0.25) is 5.02 Å². The third kappa shape index (κ3) is 2.99. The Kier molecular flexibility index (Phi) is 4.03. The van der Waals surface area contributed by atoms with Gasteiger partial charge in [0.05, 0.1) is 0 Å². The molecule has 1 aromatic carbocycles. The highest BCUT2D eigenvalue weighted by atomic mass is 35.5. The number of oxazole rings is 1. The summed E-state index contributed by atoms with van der Waals surface area (Å²) in [6, 6.07) is 7.90. The van der Waals surface area contributed by atoms with Gasteiger partial charge in [-0.1, -0.05) is 23.7 Å². The fraction of sp³-hybridized carbons (Fsp3) is 0.200. The summed E-state index contributed by atoms with van der Waals surface area (Å²) < 4.78 is 7.52. The molecule has 2 heterocycles. The lowest BCUT2D eigenvalue weighted by Crippen LogP contribution is -1.90. The molecule has 3 rings (SSSR count). The lowest BCUT2D eigenvalue weighted by atomic mass is 10.1. The number of aryl methyl sites for hydroxylation is 1. The Balaban J connectivity index is 2.02. The fourth-order valence-corrected chi connectivity index (χ4v) is 2.19. The molecule has 108 valence electrons. The predicted octanol–water partition coefficient (Wildman–Crippen LogP) is 3.11. The summed E-state index contributed by atoms with van der Waals surface area (Å²) in [6.45, 7) is 0.112. The van der Waals surface area contributed by atoms with Crippen LogP contribution in [-0.2, 0) is 6.42 Å². The fourth-order valence-electron chi connectivity index (χ4n) is 2.06. The largest absolute Gasteiger partial charge is 0.427 e. The Bertz CT molecular complexity index is 705. The van der Waals surface area contributed by atoms with Gasteiger partial charge in [0, 0.05) is 36.0 Å². The molecule has 0 aliphatic rings. The summed E-state index contributed by atoms with van der Waals surface area (Å²) >= 11 is 5.92. The maximum Gasteiger partial charge on any atom is 0.307 e. The Morgan fingerprint density at radius 3 is 2.71 bits per heavy atom. The van der Waals surface area contributed by atoms with E-state index in [9.17, 15) is 0 Å². The molecule has 21 heavy (non-hydrogen) atoms. The van der Waals surface area contributed by atoms with Crippen LogP contribution < -0.4 is 0 Å². The van der Waals surface area contributed by atoms with Gasteiger partial charge in [-0.25, -0.2) is 4.98 Å². The Morgan fingerprint density at radius 2 is 2.05 bits per heavy atom. The van der Waals surface area contributed by atoms with Gasteiger partial charge in [0.15, 0.2) is 0 Å². The van der Waals surface area contributed by atoms with E-state index in [1.54, 1.807) is 23.3 Å². The van der Waals surface area contributed by atoms with Gasteiger partial charge in [-0.2, -0.15) is 4.98 Å². The molecule has 0 saturated carbocycles. The van der Waals surface area contributed by atoms with Crippen LogP contribution in [0.3, 0.4) is 0 Å². The summed E-state index contributed by atoms with van der Waals surface area (Å²) in [5.41, 5.74) is 1.70. The molecule has 0 atom stereocenters. The maximum absolute atomic E-state index is 9.02. The monoisotopic (exact) mass is 303 g/mol. The number of rotatable bonds is 5. The smallest absolute Gasteiger partial charge is 0.307 e. The van der Waals surface area contributed by atoms with Crippen molar-refractivity contribution in [2.45, 2.75) is 12.8 Å². The van der Waals surface area contributed by atoms with Crippen molar-refractivity contribution in [2.24, 2.45) is 0 Å². The number of nitrogens with zero attached hydrogens (tertiary/aromatic N) is 3. The van der Waals surface area contributed by atoms with E-state index in [4.69, 9.17) is 21.1 Å². The molecule has 0 fully saturated rings. The van der Waals surface area contributed by atoms with Gasteiger partial charge < -0.3 is 9.52 Å². The molecule has 3 aromatic rings. The average Bonchev–Trinajstić information content (AvgIpc) is 3.15. The molecule has 0 aliphatic carbocycles. The van der Waals surface area contributed by atoms with Gasteiger partial charge in [-0.3, -0.25) is 4.57 Å². The van der Waals surface area contributed by atoms with E-state index in [0.717, 1.165) is 17.0 Å². The predicted molar refractivity (Wildman–Crippen MR) is 79.5 cm³/mol. The van der Waals surface area contributed by atoms with E-state index < -0.39 is 0 Å². The van der Waals surface area contributed by atoms with E-state index in [-0.39, 0.29) is 6.61 Å². The number of aliphatic hydroxyl groups excluding tert-OH is 1. The minimum atomic E-state index is 0.112. The zero-order chi connectivity index (χ0) is 14.7. The first-order valence-corrected chi connectivity index (χ1v) is 7.00. The SMILES string of the molecule is OCCCc1oc(-n2ccnc2)nc1-c1ccc(Cl)cc1. The third-order valence-corrected chi connectivity index (χ3v) is 3.34. The summed E-state index contributed by atoms with van der Waals surface area (Å²) in [7, 11) is 0. The number of benzene rings is 1. The van der Waals surface area contributed by atoms with Crippen LogP contribution in [0.5, 0.6) is 0 Å². The molecule has 0 saturated heterocycles. The van der Waals surface area contributed by atoms with Crippen LogP contribution in [0.25, 0.3) is 17.3 Å². The quantitative estimate of drug-likeness (QED) is 0.786. The highest BCUT2D eigenvalue weighted by Crippen LogP contribution is 2.27. The van der Waals surface area contributed by atoms with E-state index in [1.165, 1.54) is 0 Å². The minimum Gasteiger partial charge on any atom is -0.427 e. The van der Waals surface area contributed by atoms with E-state index in [0.29, 0.717) is 23.9 Å². The molecule has 0 unspecified atom stereocenters. The Hall–Kier alpha value is -2.11. The number of hydrogen-bond donors (Lipinski definition) is 1. The maximum atomic E-state index is 9.02. The van der Waals surface area contributed by atoms with Crippen molar-refractivity contribution in [3.05, 3.63) is 53.8 Å². The first-order valence-electron chi connectivity index (χ1n) is 6.63. The molecule has 0 radical (unpaired) electrons. The zero-order valence-corrected chi connectivity index (χ0v) is 12.0. The first kappa shape index (κ1) is 13.9. The van der Waals surface area contributed by atoms with E-state index in [1.807, 2.05) is 24.3 Å². The Morgan fingerprint density at radius 1 is 1.24 bits per heavy atom. The van der Waals surface area contributed by atoms with Crippen molar-refractivity contribution in [2.75, 3.05) is 6.61 Å². The summed E-state index contributed by atoms with van der Waals surface area (Å²) in [4.78, 5) is 8.53. The molecule has 0 amide bonds. The number of halogens is 1. The zero-order valence-electron chi connectivity index (χ0n) is 11.2. The number of imidazole rings is 1. The summed E-state index contributed by atoms with van der Waals surface area (Å²) in [5.74, 6) is 0.745. The van der Waals surface area contributed by atoms with Crippen molar-refractivity contribution in [1.82, 2.24) is 14.5 Å². The molecular formula is C15H14ClN3O2. The van der Waals surface area contributed by atoms with Crippen LogP contribution in [0, 0.1) is 0 Å². The molecule has 1 N–H and O–H groups in total.